The zero-order valence-electron chi connectivity index (χ0n) is 22.6. The van der Waals surface area contributed by atoms with Crippen molar-refractivity contribution < 1.29 is 19.1 Å². The van der Waals surface area contributed by atoms with E-state index in [9.17, 15) is 9.59 Å². The van der Waals surface area contributed by atoms with Crippen molar-refractivity contribution in [1.29, 1.82) is 0 Å². The van der Waals surface area contributed by atoms with Gasteiger partial charge in [-0.15, -0.1) is 11.8 Å². The van der Waals surface area contributed by atoms with E-state index >= 15 is 0 Å². The summed E-state index contributed by atoms with van der Waals surface area (Å²) in [7, 11) is 1.56. The summed E-state index contributed by atoms with van der Waals surface area (Å²) >= 11 is 11.1. The predicted octanol–water partition coefficient (Wildman–Crippen LogP) is 7.23. The Bertz CT molecular complexity index is 1580. The number of carbonyl (C=O) groups is 2. The highest BCUT2D eigenvalue weighted by atomic mass is 79.9. The summed E-state index contributed by atoms with van der Waals surface area (Å²) in [5.74, 6) is 1.27. The number of methoxy groups -OCH3 is 1. The largest absolute Gasteiger partial charge is 0.493 e. The van der Waals surface area contributed by atoms with Crippen LogP contribution in [0.1, 0.15) is 38.0 Å². The first-order valence-corrected chi connectivity index (χ1v) is 15.3. The molecule has 0 spiro atoms. The molecule has 7 nitrogen and oxygen atoms in total. The molecule has 42 heavy (non-hydrogen) atoms. The van der Waals surface area contributed by atoms with Crippen molar-refractivity contribution >= 4 is 57.3 Å². The Morgan fingerprint density at radius 3 is 2.52 bits per heavy atom. The lowest BCUT2D eigenvalue weighted by Crippen LogP contribution is -2.27. The number of halogens is 2. The van der Waals surface area contributed by atoms with E-state index in [1.807, 2.05) is 77.7 Å². The van der Waals surface area contributed by atoms with Crippen molar-refractivity contribution in [3.63, 3.8) is 0 Å². The van der Waals surface area contributed by atoms with E-state index in [4.69, 9.17) is 21.1 Å². The lowest BCUT2D eigenvalue weighted by atomic mass is 10.1. The van der Waals surface area contributed by atoms with Crippen LogP contribution in [0.5, 0.6) is 11.5 Å². The fraction of sp³-hybridized carbons (Fsp3) is 0.156. The molecule has 2 amide bonds. The van der Waals surface area contributed by atoms with E-state index in [2.05, 4.69) is 26.5 Å². The highest BCUT2D eigenvalue weighted by molar-refractivity contribution is 9.10. The maximum atomic E-state index is 12.8. The van der Waals surface area contributed by atoms with Gasteiger partial charge in [-0.25, -0.2) is 5.43 Å². The molecule has 4 aromatic rings. The molecular formula is C32H27BrClN3O4S. The van der Waals surface area contributed by atoms with Crippen LogP contribution in [-0.4, -0.2) is 35.8 Å². The van der Waals surface area contributed by atoms with Gasteiger partial charge in [0.1, 0.15) is 12.0 Å². The second-order valence-electron chi connectivity index (χ2n) is 9.44. The molecule has 0 unspecified atom stereocenters. The summed E-state index contributed by atoms with van der Waals surface area (Å²) in [5.41, 5.74) is 6.75. The molecule has 0 radical (unpaired) electrons. The lowest BCUT2D eigenvalue weighted by Gasteiger charge is -2.24. The van der Waals surface area contributed by atoms with Crippen molar-refractivity contribution in [2.75, 3.05) is 12.9 Å². The van der Waals surface area contributed by atoms with Crippen molar-refractivity contribution in [1.82, 2.24) is 10.3 Å². The number of thioether (sulfide) groups is 1. The molecule has 214 valence electrons. The highest BCUT2D eigenvalue weighted by Crippen LogP contribution is 2.40. The third kappa shape index (κ3) is 7.34. The molecular weight excluding hydrogens is 638 g/mol. The Morgan fingerprint density at radius 2 is 1.81 bits per heavy atom. The van der Waals surface area contributed by atoms with Crippen LogP contribution < -0.4 is 14.9 Å². The van der Waals surface area contributed by atoms with Crippen LogP contribution in [0.2, 0.25) is 5.02 Å². The maximum absolute atomic E-state index is 12.8. The van der Waals surface area contributed by atoms with Crippen LogP contribution in [-0.2, 0) is 17.9 Å². The van der Waals surface area contributed by atoms with Gasteiger partial charge in [0.2, 0.25) is 5.91 Å². The normalized spacial score (nSPS) is 14.8. The van der Waals surface area contributed by atoms with E-state index in [1.54, 1.807) is 37.1 Å². The maximum Gasteiger partial charge on any atom is 0.271 e. The SMILES string of the molecule is COc1cc(/C=N\NC(=O)c2ccc([C@H]3SCC(=O)N3Cc3ccccc3)cc2)cc(Br)c1OCc1ccc(Cl)cc1. The average molecular weight is 665 g/mol. The Labute approximate surface area is 262 Å². The molecule has 1 N–H and O–H groups in total. The summed E-state index contributed by atoms with van der Waals surface area (Å²) in [6.07, 6.45) is 1.53. The van der Waals surface area contributed by atoms with Gasteiger partial charge in [-0.1, -0.05) is 66.2 Å². The van der Waals surface area contributed by atoms with E-state index < -0.39 is 0 Å². The third-order valence-corrected chi connectivity index (χ3v) is 8.65. The van der Waals surface area contributed by atoms with Crippen LogP contribution in [0.3, 0.4) is 0 Å². The molecule has 0 saturated carbocycles. The fourth-order valence-corrected chi connectivity index (χ4v) is 6.29. The van der Waals surface area contributed by atoms with Crippen LogP contribution in [0.4, 0.5) is 0 Å². The summed E-state index contributed by atoms with van der Waals surface area (Å²) in [6, 6.07) is 28.2. The second-order valence-corrected chi connectivity index (χ2v) is 11.8. The molecule has 0 bridgehead atoms. The molecule has 1 atom stereocenters. The van der Waals surface area contributed by atoms with Crippen LogP contribution in [0, 0.1) is 0 Å². The van der Waals surface area contributed by atoms with E-state index in [0.29, 0.717) is 51.0 Å². The lowest BCUT2D eigenvalue weighted by molar-refractivity contribution is -0.128. The van der Waals surface area contributed by atoms with E-state index in [-0.39, 0.29) is 17.2 Å². The smallest absolute Gasteiger partial charge is 0.271 e. The molecule has 5 rings (SSSR count). The first-order valence-electron chi connectivity index (χ1n) is 13.0. The first kappa shape index (κ1) is 29.7. The number of amides is 2. The van der Waals surface area contributed by atoms with Gasteiger partial charge in [0, 0.05) is 17.1 Å². The first-order chi connectivity index (χ1) is 20.4. The Morgan fingerprint density at radius 1 is 1.07 bits per heavy atom. The number of rotatable bonds is 10. The summed E-state index contributed by atoms with van der Waals surface area (Å²) < 4.78 is 12.2. The van der Waals surface area contributed by atoms with E-state index in [1.165, 1.54) is 6.21 Å². The zero-order chi connectivity index (χ0) is 29.5. The van der Waals surface area contributed by atoms with Crippen molar-refractivity contribution in [2.45, 2.75) is 18.5 Å². The van der Waals surface area contributed by atoms with Crippen molar-refractivity contribution in [2.24, 2.45) is 5.10 Å². The van der Waals surface area contributed by atoms with Crippen molar-refractivity contribution in [3.05, 3.63) is 128 Å². The number of ether oxygens (including phenoxy) is 2. The summed E-state index contributed by atoms with van der Waals surface area (Å²) in [6.45, 7) is 0.889. The number of benzene rings is 4. The van der Waals surface area contributed by atoms with Gasteiger partial charge in [-0.05, 0) is 74.6 Å². The third-order valence-electron chi connectivity index (χ3n) is 6.55. The molecule has 1 aliphatic rings. The molecule has 0 aliphatic carbocycles. The van der Waals surface area contributed by atoms with Gasteiger partial charge >= 0.3 is 0 Å². The highest BCUT2D eigenvalue weighted by Gasteiger charge is 2.32. The van der Waals surface area contributed by atoms with Gasteiger partial charge < -0.3 is 14.4 Å². The minimum absolute atomic E-state index is 0.0978. The molecule has 1 heterocycles. The zero-order valence-corrected chi connectivity index (χ0v) is 25.8. The fourth-order valence-electron chi connectivity index (χ4n) is 4.40. The summed E-state index contributed by atoms with van der Waals surface area (Å²) in [4.78, 5) is 27.2. The number of hydrazone groups is 1. The second kappa shape index (κ2) is 13.9. The molecule has 1 aliphatic heterocycles. The van der Waals surface area contributed by atoms with Crippen molar-refractivity contribution in [3.8, 4) is 11.5 Å². The van der Waals surface area contributed by atoms with Gasteiger partial charge in [0.15, 0.2) is 11.5 Å². The topological polar surface area (TPSA) is 80.2 Å². The van der Waals surface area contributed by atoms with Crippen LogP contribution in [0.25, 0.3) is 0 Å². The number of carbonyl (C=O) groups excluding carboxylic acids is 2. The van der Waals surface area contributed by atoms with Gasteiger partial charge in [-0.2, -0.15) is 5.10 Å². The average Bonchev–Trinajstić information content (AvgIpc) is 3.37. The predicted molar refractivity (Wildman–Crippen MR) is 170 cm³/mol. The Kier molecular flexibility index (Phi) is 9.84. The number of hydrogen-bond acceptors (Lipinski definition) is 6. The monoisotopic (exact) mass is 663 g/mol. The van der Waals surface area contributed by atoms with Crippen LogP contribution >= 0.6 is 39.3 Å². The minimum Gasteiger partial charge on any atom is -0.493 e. The molecule has 10 heteroatoms. The molecule has 1 fully saturated rings. The number of hydrogen-bond donors (Lipinski definition) is 1. The van der Waals surface area contributed by atoms with Crippen LogP contribution in [0.15, 0.2) is 101 Å². The molecule has 4 aromatic carbocycles. The quantitative estimate of drug-likeness (QED) is 0.143. The van der Waals surface area contributed by atoms with Gasteiger partial charge in [-0.3, -0.25) is 9.59 Å². The minimum atomic E-state index is -0.344. The van der Waals surface area contributed by atoms with Gasteiger partial charge in [0.05, 0.1) is 23.5 Å². The Hall–Kier alpha value is -3.79. The van der Waals surface area contributed by atoms with Gasteiger partial charge in [0.25, 0.3) is 5.91 Å². The summed E-state index contributed by atoms with van der Waals surface area (Å²) in [5, 5.41) is 4.69. The number of nitrogens with one attached hydrogen (secondary N) is 1. The molecule has 0 aromatic heterocycles. The standard InChI is InChI=1S/C32H27BrClN3O4S/c1-40-28-16-23(15-27(33)30(28)41-19-22-7-13-26(34)14-8-22)17-35-36-31(39)24-9-11-25(12-10-24)32-37(29(38)20-42-32)18-21-5-3-2-4-6-21/h2-17,32H,18-20H2,1H3,(H,36,39)/b35-17-/t32-/m1/s1. The van der Waals surface area contributed by atoms with E-state index in [0.717, 1.165) is 16.7 Å². The number of nitrogens with zero attached hydrogens (tertiary/aromatic N) is 2. The molecule has 1 saturated heterocycles. The Balaban J connectivity index is 1.20.